The standard InChI is InChI=1S/C13H13NOS/c15-12(7-14-9-5-6-9)11-8-16-13-4-2-1-3-10(11)13/h1-4,8-9,14H,5-7H2. The Labute approximate surface area is 98.3 Å². The Kier molecular flexibility index (Phi) is 2.50. The van der Waals surface area contributed by atoms with Crippen molar-refractivity contribution in [3.05, 3.63) is 35.2 Å². The van der Waals surface area contributed by atoms with Crippen LogP contribution in [0.5, 0.6) is 0 Å². The number of thiophene rings is 1. The van der Waals surface area contributed by atoms with Crippen molar-refractivity contribution in [2.45, 2.75) is 18.9 Å². The van der Waals surface area contributed by atoms with Crippen molar-refractivity contribution < 1.29 is 4.79 Å². The topological polar surface area (TPSA) is 29.1 Å². The van der Waals surface area contributed by atoms with Gasteiger partial charge in [-0.25, -0.2) is 0 Å². The van der Waals surface area contributed by atoms with E-state index in [-0.39, 0.29) is 5.78 Å². The Morgan fingerprint density at radius 1 is 1.38 bits per heavy atom. The van der Waals surface area contributed by atoms with Crippen LogP contribution in [0.25, 0.3) is 10.1 Å². The van der Waals surface area contributed by atoms with E-state index in [1.165, 1.54) is 17.5 Å². The van der Waals surface area contributed by atoms with E-state index in [4.69, 9.17) is 0 Å². The molecule has 0 spiro atoms. The van der Waals surface area contributed by atoms with E-state index in [0.717, 1.165) is 10.9 Å². The third-order valence-corrected chi connectivity index (χ3v) is 3.87. The minimum Gasteiger partial charge on any atom is -0.307 e. The lowest BCUT2D eigenvalue weighted by atomic mass is 10.1. The van der Waals surface area contributed by atoms with Crippen molar-refractivity contribution in [2.75, 3.05) is 6.54 Å². The van der Waals surface area contributed by atoms with E-state index < -0.39 is 0 Å². The number of hydrogen-bond acceptors (Lipinski definition) is 3. The molecule has 1 fully saturated rings. The summed E-state index contributed by atoms with van der Waals surface area (Å²) in [6.45, 7) is 0.478. The first kappa shape index (κ1) is 10.00. The molecule has 1 N–H and O–H groups in total. The van der Waals surface area contributed by atoms with Gasteiger partial charge < -0.3 is 5.32 Å². The van der Waals surface area contributed by atoms with Crippen LogP contribution in [0, 0.1) is 0 Å². The first-order valence-electron chi connectivity index (χ1n) is 5.57. The van der Waals surface area contributed by atoms with Gasteiger partial charge in [0.05, 0.1) is 6.54 Å². The van der Waals surface area contributed by atoms with Crippen molar-refractivity contribution in [3.63, 3.8) is 0 Å². The Hall–Kier alpha value is -1.19. The van der Waals surface area contributed by atoms with Crippen LogP contribution in [0.15, 0.2) is 29.6 Å². The summed E-state index contributed by atoms with van der Waals surface area (Å²) in [5.74, 6) is 0.212. The van der Waals surface area contributed by atoms with Gasteiger partial charge in [-0.1, -0.05) is 18.2 Å². The molecule has 1 saturated carbocycles. The van der Waals surface area contributed by atoms with E-state index in [0.29, 0.717) is 12.6 Å². The first-order valence-corrected chi connectivity index (χ1v) is 6.45. The molecule has 0 atom stereocenters. The molecule has 2 aromatic rings. The number of ketones is 1. The minimum atomic E-state index is 0.212. The van der Waals surface area contributed by atoms with E-state index >= 15 is 0 Å². The fraction of sp³-hybridized carbons (Fsp3) is 0.308. The van der Waals surface area contributed by atoms with Gasteiger partial charge in [-0.3, -0.25) is 4.79 Å². The van der Waals surface area contributed by atoms with Crippen molar-refractivity contribution in [2.24, 2.45) is 0 Å². The highest BCUT2D eigenvalue weighted by molar-refractivity contribution is 7.17. The highest BCUT2D eigenvalue weighted by Crippen LogP contribution is 2.26. The quantitative estimate of drug-likeness (QED) is 0.820. The number of carbonyl (C=O) groups is 1. The molecule has 1 aromatic heterocycles. The molecule has 0 unspecified atom stereocenters. The highest BCUT2D eigenvalue weighted by atomic mass is 32.1. The maximum absolute atomic E-state index is 12.0. The molecule has 82 valence electrons. The van der Waals surface area contributed by atoms with Gasteiger partial charge in [-0.05, 0) is 18.9 Å². The fourth-order valence-corrected chi connectivity index (χ4v) is 2.78. The number of Topliss-reactive ketones (excluding diaryl/α,β-unsaturated/α-hetero) is 1. The van der Waals surface area contributed by atoms with Crippen LogP contribution in [-0.2, 0) is 0 Å². The summed E-state index contributed by atoms with van der Waals surface area (Å²) in [5.41, 5.74) is 0.869. The largest absolute Gasteiger partial charge is 0.307 e. The Morgan fingerprint density at radius 3 is 3.00 bits per heavy atom. The molecular weight excluding hydrogens is 218 g/mol. The normalized spacial score (nSPS) is 15.5. The number of hydrogen-bond donors (Lipinski definition) is 1. The van der Waals surface area contributed by atoms with Gasteiger partial charge in [0.15, 0.2) is 5.78 Å². The third kappa shape index (κ3) is 1.88. The summed E-state index contributed by atoms with van der Waals surface area (Å²) in [7, 11) is 0. The average Bonchev–Trinajstić information content (AvgIpc) is 3.04. The minimum absolute atomic E-state index is 0.212. The highest BCUT2D eigenvalue weighted by Gasteiger charge is 2.22. The predicted molar refractivity (Wildman–Crippen MR) is 67.2 cm³/mol. The fourth-order valence-electron chi connectivity index (χ4n) is 1.81. The van der Waals surface area contributed by atoms with Crippen molar-refractivity contribution in [3.8, 4) is 0 Å². The molecule has 16 heavy (non-hydrogen) atoms. The number of benzene rings is 1. The van der Waals surface area contributed by atoms with E-state index in [1.807, 2.05) is 23.6 Å². The maximum atomic E-state index is 12.0. The molecule has 0 amide bonds. The third-order valence-electron chi connectivity index (χ3n) is 2.91. The molecular formula is C13H13NOS. The molecule has 0 saturated heterocycles. The number of nitrogens with one attached hydrogen (secondary N) is 1. The molecule has 3 rings (SSSR count). The number of fused-ring (bicyclic) bond motifs is 1. The van der Waals surface area contributed by atoms with Crippen LogP contribution in [0.2, 0.25) is 0 Å². The summed E-state index contributed by atoms with van der Waals surface area (Å²) >= 11 is 1.64. The number of carbonyl (C=O) groups excluding carboxylic acids is 1. The zero-order valence-corrected chi connectivity index (χ0v) is 9.72. The maximum Gasteiger partial charge on any atom is 0.178 e. The Bertz CT molecular complexity index is 527. The second-order valence-electron chi connectivity index (χ2n) is 4.22. The molecule has 0 aliphatic heterocycles. The zero-order chi connectivity index (χ0) is 11.0. The summed E-state index contributed by atoms with van der Waals surface area (Å²) < 4.78 is 1.19. The lowest BCUT2D eigenvalue weighted by molar-refractivity contribution is 0.0992. The smallest absolute Gasteiger partial charge is 0.178 e. The van der Waals surface area contributed by atoms with E-state index in [2.05, 4.69) is 11.4 Å². The summed E-state index contributed by atoms with van der Waals surface area (Å²) in [4.78, 5) is 12.0. The molecule has 1 aliphatic rings. The monoisotopic (exact) mass is 231 g/mol. The summed E-state index contributed by atoms with van der Waals surface area (Å²) in [6.07, 6.45) is 2.44. The van der Waals surface area contributed by atoms with Gasteiger partial charge in [-0.15, -0.1) is 11.3 Å². The molecule has 1 heterocycles. The van der Waals surface area contributed by atoms with Crippen LogP contribution < -0.4 is 5.32 Å². The predicted octanol–water partition coefficient (Wildman–Crippen LogP) is 2.84. The molecule has 2 nitrogen and oxygen atoms in total. The van der Waals surface area contributed by atoms with Gasteiger partial charge in [0.1, 0.15) is 0 Å². The zero-order valence-electron chi connectivity index (χ0n) is 8.90. The molecule has 3 heteroatoms. The number of rotatable bonds is 4. The molecule has 1 aliphatic carbocycles. The van der Waals surface area contributed by atoms with E-state index in [1.54, 1.807) is 11.3 Å². The van der Waals surface area contributed by atoms with Crippen LogP contribution in [0.1, 0.15) is 23.2 Å². The van der Waals surface area contributed by atoms with Crippen LogP contribution in [0.3, 0.4) is 0 Å². The van der Waals surface area contributed by atoms with Gasteiger partial charge in [-0.2, -0.15) is 0 Å². The van der Waals surface area contributed by atoms with Crippen LogP contribution in [-0.4, -0.2) is 18.4 Å². The SMILES string of the molecule is O=C(CNC1CC1)c1csc2ccccc12. The van der Waals surface area contributed by atoms with Crippen molar-refractivity contribution in [1.29, 1.82) is 0 Å². The lowest BCUT2D eigenvalue weighted by Gasteiger charge is -2.00. The Balaban J connectivity index is 1.83. The van der Waals surface area contributed by atoms with Gasteiger partial charge in [0, 0.05) is 27.1 Å². The molecule has 1 aromatic carbocycles. The lowest BCUT2D eigenvalue weighted by Crippen LogP contribution is -2.24. The second-order valence-corrected chi connectivity index (χ2v) is 5.14. The Morgan fingerprint density at radius 2 is 2.19 bits per heavy atom. The summed E-state index contributed by atoms with van der Waals surface area (Å²) in [5, 5.41) is 6.33. The van der Waals surface area contributed by atoms with Crippen LogP contribution >= 0.6 is 11.3 Å². The molecule has 0 bridgehead atoms. The second kappa shape index (κ2) is 4.00. The molecule has 0 radical (unpaired) electrons. The van der Waals surface area contributed by atoms with Gasteiger partial charge in [0.25, 0.3) is 0 Å². The van der Waals surface area contributed by atoms with Crippen molar-refractivity contribution >= 4 is 27.2 Å². The summed E-state index contributed by atoms with van der Waals surface area (Å²) in [6, 6.07) is 8.67. The van der Waals surface area contributed by atoms with Crippen molar-refractivity contribution in [1.82, 2.24) is 5.32 Å². The van der Waals surface area contributed by atoms with E-state index in [9.17, 15) is 4.79 Å². The van der Waals surface area contributed by atoms with Gasteiger partial charge in [0.2, 0.25) is 0 Å². The van der Waals surface area contributed by atoms with Crippen LogP contribution in [0.4, 0.5) is 0 Å². The van der Waals surface area contributed by atoms with Gasteiger partial charge >= 0.3 is 0 Å². The first-order chi connectivity index (χ1) is 7.84. The average molecular weight is 231 g/mol.